The van der Waals surface area contributed by atoms with Crippen molar-refractivity contribution in [3.63, 3.8) is 0 Å². The van der Waals surface area contributed by atoms with E-state index in [1.807, 2.05) is 0 Å². The summed E-state index contributed by atoms with van der Waals surface area (Å²) in [5.74, 6) is -5.38. The molecule has 0 aromatic heterocycles. The second-order valence-corrected chi connectivity index (χ2v) is 18.1. The smallest absolute Gasteiger partial charge is 0.303 e. The monoisotopic (exact) mass is 1090 g/mol. The lowest BCUT2D eigenvalue weighted by Gasteiger charge is -2.44. The molecule has 0 bridgehead atoms. The Labute approximate surface area is 443 Å². The van der Waals surface area contributed by atoms with E-state index in [1.165, 1.54) is 27.7 Å². The molecule has 0 aliphatic carbocycles. The van der Waals surface area contributed by atoms with E-state index in [1.54, 1.807) is 0 Å². The van der Waals surface area contributed by atoms with Gasteiger partial charge in [0.15, 0.2) is 37.0 Å². The third kappa shape index (κ3) is 28.5. The number of unbranched alkanes of at least 4 members (excludes halogenated alkanes) is 6. The molecule has 0 radical (unpaired) electrons. The zero-order chi connectivity index (χ0) is 56.6. The topological polar surface area (TPSA) is 356 Å². The van der Waals surface area contributed by atoms with Gasteiger partial charge in [-0.15, -0.1) is 0 Å². The van der Waals surface area contributed by atoms with Gasteiger partial charge in [0.1, 0.15) is 37.5 Å². The van der Waals surface area contributed by atoms with E-state index < -0.39 is 115 Å². The highest BCUT2D eigenvalue weighted by Crippen LogP contribution is 2.30. The minimum atomic E-state index is -1.21. The highest BCUT2D eigenvalue weighted by Gasteiger charge is 2.52. The van der Waals surface area contributed by atoms with E-state index in [0.717, 1.165) is 53.4 Å². The molecule has 2 fully saturated rings. The zero-order valence-corrected chi connectivity index (χ0v) is 45.1. The van der Waals surface area contributed by atoms with Gasteiger partial charge in [-0.1, -0.05) is 25.7 Å². The van der Waals surface area contributed by atoms with E-state index in [0.29, 0.717) is 38.8 Å². The quantitative estimate of drug-likeness (QED) is 0.0309. The molecular weight excluding hydrogens is 1010 g/mol. The lowest BCUT2D eigenvalue weighted by atomic mass is 9.96. The Morgan fingerprint density at radius 2 is 0.789 bits per heavy atom. The molecule has 434 valence electrons. The second kappa shape index (κ2) is 37.2. The molecule has 76 heavy (non-hydrogen) atoms. The van der Waals surface area contributed by atoms with Gasteiger partial charge in [-0.3, -0.25) is 47.9 Å². The predicted octanol–water partition coefficient (Wildman–Crippen LogP) is -0.174. The molecule has 0 saturated carbocycles. The Kier molecular flexibility index (Phi) is 32.6. The summed E-state index contributed by atoms with van der Waals surface area (Å²) in [5.41, 5.74) is 6.07. The Morgan fingerprint density at radius 3 is 1.12 bits per heavy atom. The number of carbonyl (C=O) groups is 10. The first-order chi connectivity index (χ1) is 36.1. The van der Waals surface area contributed by atoms with Crippen LogP contribution >= 0.6 is 0 Å². The van der Waals surface area contributed by atoms with Crippen molar-refractivity contribution in [2.75, 3.05) is 65.9 Å². The van der Waals surface area contributed by atoms with E-state index in [2.05, 4.69) is 21.3 Å². The average molecular weight is 1090 g/mol. The van der Waals surface area contributed by atoms with Crippen molar-refractivity contribution in [3.05, 3.63) is 0 Å². The number of rotatable bonds is 36. The van der Waals surface area contributed by atoms with Gasteiger partial charge < -0.3 is 83.8 Å². The van der Waals surface area contributed by atoms with Gasteiger partial charge in [0.2, 0.25) is 23.6 Å². The van der Waals surface area contributed by atoms with Gasteiger partial charge in [-0.25, -0.2) is 0 Å². The highest BCUT2D eigenvalue weighted by molar-refractivity contribution is 5.76. The molecule has 6 N–H and O–H groups in total. The molecule has 10 unspecified atom stereocenters. The molecule has 2 aliphatic heterocycles. The molecule has 2 rings (SSSR count). The number of hydrogen-bond donors (Lipinski definition) is 5. The van der Waals surface area contributed by atoms with Gasteiger partial charge in [-0.2, -0.15) is 0 Å². The van der Waals surface area contributed by atoms with E-state index in [4.69, 9.17) is 62.6 Å². The Hall–Kier alpha value is -5.58. The standard InChI is InChI=1S/C49H81N5O22/c1-29(55)53-42-46(73-35(7)61)44(71-33(5)59)38(27-69-31(3)57)75-48(42)67-21-15-11-9-13-19-51-40(63)17-23-65-25-37(50)26-66-24-18-41(64)52-20-14-10-12-16-22-68-49-43(54-30(2)56)47(74-36(8)62)45(72-34(6)60)39(76-49)28-70-32(4)58/h37-39,42-49H,9-28,50H2,1-8H3,(H,51,63)(H,52,64)(H,53,55)(H,54,56). The molecule has 2 aliphatic rings. The van der Waals surface area contributed by atoms with Crippen LogP contribution in [-0.4, -0.2) is 193 Å². The molecule has 10 atom stereocenters. The molecule has 27 heteroatoms. The Morgan fingerprint density at radius 1 is 0.447 bits per heavy atom. The maximum atomic E-state index is 12.3. The molecular formula is C49H81N5O22. The molecule has 2 heterocycles. The summed E-state index contributed by atoms with van der Waals surface area (Å²) >= 11 is 0. The van der Waals surface area contributed by atoms with Crippen molar-refractivity contribution < 1.29 is 105 Å². The van der Waals surface area contributed by atoms with Crippen molar-refractivity contribution in [2.45, 2.75) is 187 Å². The minimum absolute atomic E-state index is 0.133. The number of hydrogen-bond acceptors (Lipinski definition) is 23. The Bertz CT molecular complexity index is 1730. The van der Waals surface area contributed by atoms with Gasteiger partial charge in [-0.05, 0) is 25.7 Å². The predicted molar refractivity (Wildman–Crippen MR) is 262 cm³/mol. The van der Waals surface area contributed by atoms with Gasteiger partial charge in [0, 0.05) is 94.5 Å². The zero-order valence-electron chi connectivity index (χ0n) is 45.1. The number of carbonyl (C=O) groups excluding carboxylic acids is 10. The first kappa shape index (κ1) is 66.5. The molecule has 27 nitrogen and oxygen atoms in total. The first-order valence-corrected chi connectivity index (χ1v) is 25.6. The number of nitrogens with one attached hydrogen (secondary N) is 4. The normalized spacial score (nSPS) is 23.4. The van der Waals surface area contributed by atoms with Crippen LogP contribution in [-0.2, 0) is 105 Å². The van der Waals surface area contributed by atoms with Crippen LogP contribution in [0.15, 0.2) is 0 Å². The van der Waals surface area contributed by atoms with Crippen molar-refractivity contribution in [1.82, 2.24) is 21.3 Å². The lowest BCUT2D eigenvalue weighted by Crippen LogP contribution is -2.66. The summed E-state index contributed by atoms with van der Waals surface area (Å²) in [5, 5.41) is 11.0. The molecule has 4 amide bonds. The van der Waals surface area contributed by atoms with Crippen molar-refractivity contribution >= 4 is 59.4 Å². The third-order valence-corrected chi connectivity index (χ3v) is 11.1. The third-order valence-electron chi connectivity index (χ3n) is 11.1. The molecule has 0 aromatic carbocycles. The van der Waals surface area contributed by atoms with Crippen LogP contribution in [0.2, 0.25) is 0 Å². The number of nitrogens with two attached hydrogens (primary N) is 1. The Balaban J connectivity index is 1.58. The van der Waals surface area contributed by atoms with Crippen molar-refractivity contribution in [1.29, 1.82) is 0 Å². The molecule has 0 spiro atoms. The number of esters is 6. The maximum absolute atomic E-state index is 12.3. The first-order valence-electron chi connectivity index (χ1n) is 25.6. The van der Waals surface area contributed by atoms with Crippen LogP contribution in [0.25, 0.3) is 0 Å². The summed E-state index contributed by atoms with van der Waals surface area (Å²) in [6.45, 7) is 10.7. The molecule has 2 saturated heterocycles. The number of amides is 4. The van der Waals surface area contributed by atoms with E-state index >= 15 is 0 Å². The largest absolute Gasteiger partial charge is 0.463 e. The fourth-order valence-electron chi connectivity index (χ4n) is 7.91. The summed E-state index contributed by atoms with van der Waals surface area (Å²) in [7, 11) is 0. The van der Waals surface area contributed by atoms with Crippen molar-refractivity contribution in [2.24, 2.45) is 5.73 Å². The fourth-order valence-corrected chi connectivity index (χ4v) is 7.91. The maximum Gasteiger partial charge on any atom is 0.303 e. The summed E-state index contributed by atoms with van der Waals surface area (Å²) < 4.78 is 66.9. The summed E-state index contributed by atoms with van der Waals surface area (Å²) in [6, 6.07) is -2.57. The van der Waals surface area contributed by atoms with Crippen LogP contribution in [0.1, 0.15) is 120 Å². The van der Waals surface area contributed by atoms with Crippen LogP contribution in [0, 0.1) is 0 Å². The van der Waals surface area contributed by atoms with Gasteiger partial charge >= 0.3 is 35.8 Å². The van der Waals surface area contributed by atoms with Gasteiger partial charge in [0.25, 0.3) is 0 Å². The second-order valence-electron chi connectivity index (χ2n) is 18.1. The van der Waals surface area contributed by atoms with Crippen LogP contribution < -0.4 is 27.0 Å². The van der Waals surface area contributed by atoms with Crippen LogP contribution in [0.5, 0.6) is 0 Å². The number of ether oxygens (including phenoxy) is 12. The van der Waals surface area contributed by atoms with Crippen LogP contribution in [0.4, 0.5) is 0 Å². The highest BCUT2D eigenvalue weighted by atomic mass is 16.7. The fraction of sp³-hybridized carbons (Fsp3) is 0.796. The average Bonchev–Trinajstić information content (AvgIpc) is 3.32. The minimum Gasteiger partial charge on any atom is -0.463 e. The van der Waals surface area contributed by atoms with E-state index in [-0.39, 0.29) is 77.5 Å². The lowest BCUT2D eigenvalue weighted by molar-refractivity contribution is -0.277. The van der Waals surface area contributed by atoms with Crippen molar-refractivity contribution in [3.8, 4) is 0 Å². The van der Waals surface area contributed by atoms with Gasteiger partial charge in [0.05, 0.1) is 32.5 Å². The summed E-state index contributed by atoms with van der Waals surface area (Å²) in [4.78, 5) is 120. The van der Waals surface area contributed by atoms with E-state index in [9.17, 15) is 47.9 Å². The summed E-state index contributed by atoms with van der Waals surface area (Å²) in [6.07, 6.45) is -3.47. The molecule has 0 aromatic rings. The SMILES string of the molecule is CC(=O)NC1C(OCCCCCCNC(=O)CCOCC(N)COCCC(=O)NCCCCCCOC2OC(COC(C)=O)C(OC(C)=O)C(OC(C)=O)C2NC(C)=O)OC(COC(C)=O)C(OC(C)=O)C1OC(C)=O. The van der Waals surface area contributed by atoms with Crippen LogP contribution in [0.3, 0.4) is 0 Å².